The summed E-state index contributed by atoms with van der Waals surface area (Å²) >= 11 is 6.38. The molecule has 1 saturated heterocycles. The van der Waals surface area contributed by atoms with Gasteiger partial charge in [-0.3, -0.25) is 33.6 Å². The molecule has 2 aromatic rings. The van der Waals surface area contributed by atoms with Crippen LogP contribution in [0.5, 0.6) is 5.75 Å². The number of carbonyl (C=O) groups excluding carboxylic acids is 7. The Hall–Kier alpha value is -6.01. The molecule has 4 rings (SSSR count). The van der Waals surface area contributed by atoms with E-state index in [4.69, 9.17) is 30.9 Å². The second kappa shape index (κ2) is 25.2. The van der Waals surface area contributed by atoms with Crippen LogP contribution in [0, 0.1) is 22.7 Å². The van der Waals surface area contributed by atoms with Gasteiger partial charge in [-0.05, 0) is 79.8 Å². The number of esters is 1. The van der Waals surface area contributed by atoms with Crippen LogP contribution in [0.1, 0.15) is 117 Å². The van der Waals surface area contributed by atoms with Crippen LogP contribution in [0.2, 0.25) is 5.02 Å². The fraction of sp³-hybridized carbons (Fsp3) is 0.569. The molecule has 6 amide bonds. The Balaban J connectivity index is 1.45. The Morgan fingerprint density at radius 1 is 0.914 bits per heavy atom. The number of carboxylic acids is 1. The van der Waals surface area contributed by atoms with Gasteiger partial charge in [0.05, 0.1) is 23.7 Å². The molecular formula is C51H71ClN6O12. The molecule has 7 N–H and O–H groups in total. The Morgan fingerprint density at radius 2 is 1.59 bits per heavy atom. The molecule has 1 fully saturated rings. The van der Waals surface area contributed by atoms with E-state index < -0.39 is 94.4 Å². The van der Waals surface area contributed by atoms with Gasteiger partial charge in [-0.2, -0.15) is 0 Å². The molecule has 70 heavy (non-hydrogen) atoms. The van der Waals surface area contributed by atoms with E-state index in [2.05, 4.69) is 31.9 Å². The highest BCUT2D eigenvalue weighted by Crippen LogP contribution is 2.45. The number of aliphatic carboxylic acids is 1. The predicted octanol–water partition coefficient (Wildman–Crippen LogP) is 4.60. The first-order valence-corrected chi connectivity index (χ1v) is 24.1. The quantitative estimate of drug-likeness (QED) is 0.0799. The van der Waals surface area contributed by atoms with Crippen molar-refractivity contribution < 1.29 is 57.7 Å². The van der Waals surface area contributed by atoms with Crippen molar-refractivity contribution in [1.82, 2.24) is 31.9 Å². The maximum atomic E-state index is 14.1. The number of benzene rings is 2. The number of hydrogen-bond acceptors (Lipinski definition) is 11. The van der Waals surface area contributed by atoms with E-state index in [9.17, 15) is 38.4 Å². The summed E-state index contributed by atoms with van der Waals surface area (Å²) in [6.45, 7) is 16.1. The minimum absolute atomic E-state index is 0.0478. The fourth-order valence-corrected chi connectivity index (χ4v) is 8.08. The first-order valence-electron chi connectivity index (χ1n) is 23.7. The summed E-state index contributed by atoms with van der Waals surface area (Å²) in [5.74, 6) is -4.88. The number of methoxy groups -OCH3 is 1. The largest absolute Gasteiger partial charge is 0.495 e. The van der Waals surface area contributed by atoms with Crippen molar-refractivity contribution in [3.63, 3.8) is 0 Å². The molecule has 0 bridgehead atoms. The molecule has 0 aromatic heterocycles. The number of halogens is 1. The maximum absolute atomic E-state index is 14.1. The zero-order chi connectivity index (χ0) is 52.1. The van der Waals surface area contributed by atoms with E-state index in [0.29, 0.717) is 16.3 Å². The van der Waals surface area contributed by atoms with Gasteiger partial charge in [0, 0.05) is 44.7 Å². The van der Waals surface area contributed by atoms with Crippen molar-refractivity contribution in [3.05, 3.63) is 76.3 Å². The monoisotopic (exact) mass is 994 g/mol. The molecule has 3 unspecified atom stereocenters. The van der Waals surface area contributed by atoms with Crippen molar-refractivity contribution in [2.45, 2.75) is 150 Å². The van der Waals surface area contributed by atoms with Crippen LogP contribution in [0.3, 0.4) is 0 Å². The lowest BCUT2D eigenvalue weighted by Gasteiger charge is -2.32. The van der Waals surface area contributed by atoms with E-state index in [-0.39, 0.29) is 69.7 Å². The summed E-state index contributed by atoms with van der Waals surface area (Å²) in [5.41, 5.74) is 0.704. The molecule has 0 spiro atoms. The summed E-state index contributed by atoms with van der Waals surface area (Å²) in [6.07, 6.45) is 1.72. The molecule has 8 atom stereocenters. The van der Waals surface area contributed by atoms with E-state index in [1.54, 1.807) is 52.0 Å². The maximum Gasteiger partial charge on any atom is 0.328 e. The van der Waals surface area contributed by atoms with Gasteiger partial charge in [0.1, 0.15) is 42.1 Å². The smallest absolute Gasteiger partial charge is 0.328 e. The van der Waals surface area contributed by atoms with Gasteiger partial charge in [0.2, 0.25) is 35.4 Å². The number of nitrogens with one attached hydrogen (secondary N) is 6. The lowest BCUT2D eigenvalue weighted by atomic mass is 9.86. The average Bonchev–Trinajstić information content (AvgIpc) is 4.08. The van der Waals surface area contributed by atoms with Gasteiger partial charge in [0.25, 0.3) is 0 Å². The third-order valence-corrected chi connectivity index (χ3v) is 12.4. The van der Waals surface area contributed by atoms with Gasteiger partial charge in [-0.15, -0.1) is 0 Å². The highest BCUT2D eigenvalue weighted by molar-refractivity contribution is 6.32. The number of rotatable bonds is 18. The van der Waals surface area contributed by atoms with Crippen molar-refractivity contribution in [2.75, 3.05) is 13.7 Å². The van der Waals surface area contributed by atoms with Gasteiger partial charge in [-0.25, -0.2) is 4.79 Å². The van der Waals surface area contributed by atoms with Crippen molar-refractivity contribution >= 4 is 59.0 Å². The van der Waals surface area contributed by atoms with Crippen LogP contribution in [0.4, 0.5) is 0 Å². The molecular weight excluding hydrogens is 924 g/mol. The minimum Gasteiger partial charge on any atom is -0.495 e. The number of cyclic esters (lactones) is 1. The van der Waals surface area contributed by atoms with Crippen molar-refractivity contribution in [1.29, 1.82) is 0 Å². The SMILES string of the molecule is COc1ccc(C[C@H]2NC(=O)/C=C/C[C@@H](C(C)[C@H]3O[C@@H]3c3ccc(CNC(=O)C(C)NC(=O)C(NC(=O)CCCC(=O)O)C(C)C)cc3)OC(=O)[C@H](CC(C)(C)C)NC(=O)C(C)(C)CNC2=O)cc1Cl. The average molecular weight is 996 g/mol. The fourth-order valence-electron chi connectivity index (χ4n) is 7.80. The summed E-state index contributed by atoms with van der Waals surface area (Å²) in [6, 6.07) is 8.57. The van der Waals surface area contributed by atoms with Crippen LogP contribution < -0.4 is 36.6 Å². The third kappa shape index (κ3) is 17.4. The van der Waals surface area contributed by atoms with E-state index in [1.807, 2.05) is 52.0 Å². The highest BCUT2D eigenvalue weighted by atomic mass is 35.5. The van der Waals surface area contributed by atoms with Crippen molar-refractivity contribution in [3.8, 4) is 5.75 Å². The van der Waals surface area contributed by atoms with Crippen molar-refractivity contribution in [2.24, 2.45) is 22.7 Å². The lowest BCUT2D eigenvalue weighted by molar-refractivity contribution is -0.157. The summed E-state index contributed by atoms with van der Waals surface area (Å²) in [4.78, 5) is 104. The molecule has 18 nitrogen and oxygen atoms in total. The molecule has 0 aliphatic carbocycles. The Bertz CT molecular complexity index is 2240. The molecule has 384 valence electrons. The molecule has 0 saturated carbocycles. The predicted molar refractivity (Wildman–Crippen MR) is 261 cm³/mol. The standard InChI is InChI=1S/C51H71ClN6O12/c1-28(2)42(58-40(60)15-12-16-41(61)62)47(65)55-30(4)45(63)53-26-31-17-20-33(21-18-31)44-43(70-44)29(3)37-13-11-14-39(59)56-35(24-32-19-22-38(68-10)34(52)23-32)46(64)54-27-51(8,9)49(67)57-36(48(66)69-37)25-50(5,6)7/h11,14,17-23,28-30,35-37,42-44H,12-13,15-16,24-27H2,1-10H3,(H,53,63)(H,54,64)(H,55,65)(H,56,59)(H,57,67)(H,58,60)(H,61,62)/b14-11+/t29?,30?,35-,36+,37+,42?,43-,44-/m1/s1. The van der Waals surface area contributed by atoms with Crippen LogP contribution in [-0.2, 0) is 60.8 Å². The molecule has 0 radical (unpaired) electrons. The number of carboxylic acid groups (broad SMARTS) is 1. The Labute approximate surface area is 415 Å². The Morgan fingerprint density at radius 3 is 2.20 bits per heavy atom. The number of carbonyl (C=O) groups is 8. The third-order valence-electron chi connectivity index (χ3n) is 12.1. The molecule has 2 aliphatic rings. The van der Waals surface area contributed by atoms with E-state index in [0.717, 1.165) is 11.1 Å². The van der Waals surface area contributed by atoms with Crippen LogP contribution >= 0.6 is 11.6 Å². The summed E-state index contributed by atoms with van der Waals surface area (Å²) in [7, 11) is 1.49. The second-order valence-electron chi connectivity index (χ2n) is 20.3. The van der Waals surface area contributed by atoms with Crippen LogP contribution in [0.25, 0.3) is 0 Å². The first-order chi connectivity index (χ1) is 32.8. The van der Waals surface area contributed by atoms with E-state index in [1.165, 1.54) is 20.1 Å². The van der Waals surface area contributed by atoms with Gasteiger partial charge in [-0.1, -0.05) is 89.6 Å². The zero-order valence-electron chi connectivity index (χ0n) is 41.9. The number of ether oxygens (including phenoxy) is 3. The van der Waals surface area contributed by atoms with Gasteiger partial charge >= 0.3 is 11.9 Å². The van der Waals surface area contributed by atoms with Crippen LogP contribution in [-0.4, -0.2) is 103 Å². The number of epoxide rings is 1. The topological polar surface area (TPSA) is 260 Å². The molecule has 2 aliphatic heterocycles. The second-order valence-corrected chi connectivity index (χ2v) is 20.8. The normalized spacial score (nSPS) is 22.7. The number of hydrogen-bond donors (Lipinski definition) is 7. The molecule has 2 aromatic carbocycles. The van der Waals surface area contributed by atoms with Crippen LogP contribution in [0.15, 0.2) is 54.6 Å². The highest BCUT2D eigenvalue weighted by Gasteiger charge is 2.48. The molecule has 2 heterocycles. The van der Waals surface area contributed by atoms with Gasteiger partial charge < -0.3 is 51.2 Å². The molecule has 19 heteroatoms. The minimum atomic E-state index is -1.17. The zero-order valence-corrected chi connectivity index (χ0v) is 42.6. The van der Waals surface area contributed by atoms with E-state index >= 15 is 0 Å². The number of amides is 6. The summed E-state index contributed by atoms with van der Waals surface area (Å²) < 4.78 is 17.7. The Kier molecular flexibility index (Phi) is 20.4. The first kappa shape index (κ1) is 56.6. The van der Waals surface area contributed by atoms with Gasteiger partial charge in [0.15, 0.2) is 0 Å². The lowest BCUT2D eigenvalue weighted by Crippen LogP contribution is -2.54. The summed E-state index contributed by atoms with van der Waals surface area (Å²) in [5, 5.41) is 25.8.